The molecule has 0 aliphatic carbocycles. The zero-order chi connectivity index (χ0) is 18.0. The first kappa shape index (κ1) is 17.7. The summed E-state index contributed by atoms with van der Waals surface area (Å²) in [4.78, 5) is 16.0. The number of imidazole rings is 1. The fourth-order valence-corrected chi connectivity index (χ4v) is 2.58. The van der Waals surface area contributed by atoms with Gasteiger partial charge in [-0.15, -0.1) is 0 Å². The molecule has 3 aromatic rings. The van der Waals surface area contributed by atoms with E-state index in [4.69, 9.17) is 4.74 Å². The quantitative estimate of drug-likeness (QED) is 0.602. The van der Waals surface area contributed by atoms with Gasteiger partial charge in [-0.25, -0.2) is 4.98 Å². The van der Waals surface area contributed by atoms with Crippen molar-refractivity contribution >= 4 is 5.91 Å². The Labute approximate surface area is 153 Å². The molecule has 1 amide bonds. The maximum atomic E-state index is 11.9. The van der Waals surface area contributed by atoms with Gasteiger partial charge in [-0.05, 0) is 29.7 Å². The molecule has 5 heteroatoms. The minimum absolute atomic E-state index is 0.0455. The molecule has 2 aromatic carbocycles. The van der Waals surface area contributed by atoms with E-state index in [0.29, 0.717) is 26.0 Å². The molecule has 0 aliphatic heterocycles. The van der Waals surface area contributed by atoms with Crippen LogP contribution < -0.4 is 10.1 Å². The number of ether oxygens (including phenoxy) is 1. The third kappa shape index (κ3) is 5.77. The number of nitrogens with zero attached hydrogens (tertiary/aromatic N) is 2. The Morgan fingerprint density at radius 3 is 2.54 bits per heavy atom. The number of amides is 1. The molecule has 0 aliphatic rings. The van der Waals surface area contributed by atoms with Crippen molar-refractivity contribution < 1.29 is 9.53 Å². The number of carbonyl (C=O) groups is 1. The largest absolute Gasteiger partial charge is 0.494 e. The number of aromatic nitrogens is 2. The highest BCUT2D eigenvalue weighted by molar-refractivity contribution is 5.75. The van der Waals surface area contributed by atoms with Crippen LogP contribution >= 0.6 is 0 Å². The van der Waals surface area contributed by atoms with Gasteiger partial charge in [-0.2, -0.15) is 0 Å². The molecule has 0 saturated heterocycles. The fourth-order valence-electron chi connectivity index (χ4n) is 2.58. The van der Waals surface area contributed by atoms with E-state index >= 15 is 0 Å². The SMILES string of the molecule is O=C(CCCOc1ccccc1)NCc1ccc(Cn2ccnc2)cc1. The van der Waals surface area contributed by atoms with Gasteiger partial charge in [0.05, 0.1) is 12.9 Å². The predicted octanol–water partition coefficient (Wildman–Crippen LogP) is 3.41. The number of para-hydroxylation sites is 1. The molecule has 134 valence electrons. The van der Waals surface area contributed by atoms with Crippen LogP contribution in [0, 0.1) is 0 Å². The van der Waals surface area contributed by atoms with Gasteiger partial charge < -0.3 is 14.6 Å². The van der Waals surface area contributed by atoms with Gasteiger partial charge in [0.1, 0.15) is 5.75 Å². The summed E-state index contributed by atoms with van der Waals surface area (Å²) in [5, 5.41) is 2.95. The number of hydrogen-bond donors (Lipinski definition) is 1. The molecule has 1 aromatic heterocycles. The van der Waals surface area contributed by atoms with Crippen LogP contribution in [-0.4, -0.2) is 22.1 Å². The Bertz CT molecular complexity index is 784. The summed E-state index contributed by atoms with van der Waals surface area (Å²) in [6.45, 7) is 1.89. The van der Waals surface area contributed by atoms with Crippen LogP contribution in [0.2, 0.25) is 0 Å². The summed E-state index contributed by atoms with van der Waals surface area (Å²) in [6.07, 6.45) is 6.68. The first-order chi connectivity index (χ1) is 12.8. The van der Waals surface area contributed by atoms with Gasteiger partial charge in [0.2, 0.25) is 5.91 Å². The molecule has 1 N–H and O–H groups in total. The maximum Gasteiger partial charge on any atom is 0.220 e. The molecule has 0 fully saturated rings. The molecule has 0 saturated carbocycles. The molecule has 1 heterocycles. The van der Waals surface area contributed by atoms with E-state index in [9.17, 15) is 4.79 Å². The molecule has 0 spiro atoms. The highest BCUT2D eigenvalue weighted by Gasteiger charge is 2.02. The Morgan fingerprint density at radius 2 is 1.81 bits per heavy atom. The topological polar surface area (TPSA) is 56.1 Å². The van der Waals surface area contributed by atoms with Crippen LogP contribution in [0.4, 0.5) is 0 Å². The summed E-state index contributed by atoms with van der Waals surface area (Å²) in [6, 6.07) is 17.9. The number of hydrogen-bond acceptors (Lipinski definition) is 3. The molecule has 0 unspecified atom stereocenters. The van der Waals surface area contributed by atoms with Crippen molar-refractivity contribution in [2.75, 3.05) is 6.61 Å². The number of benzene rings is 2. The first-order valence-electron chi connectivity index (χ1n) is 8.78. The molecular formula is C21H23N3O2. The summed E-state index contributed by atoms with van der Waals surface area (Å²) in [5.74, 6) is 0.882. The summed E-state index contributed by atoms with van der Waals surface area (Å²) < 4.78 is 7.61. The zero-order valence-corrected chi connectivity index (χ0v) is 14.7. The summed E-state index contributed by atoms with van der Waals surface area (Å²) >= 11 is 0. The van der Waals surface area contributed by atoms with Crippen molar-refractivity contribution in [1.29, 1.82) is 0 Å². The average Bonchev–Trinajstić information content (AvgIpc) is 3.19. The van der Waals surface area contributed by atoms with Crippen molar-refractivity contribution in [3.8, 4) is 5.75 Å². The predicted molar refractivity (Wildman–Crippen MR) is 101 cm³/mol. The van der Waals surface area contributed by atoms with Gasteiger partial charge in [0.15, 0.2) is 0 Å². The highest BCUT2D eigenvalue weighted by Crippen LogP contribution is 2.09. The van der Waals surface area contributed by atoms with E-state index in [0.717, 1.165) is 17.9 Å². The van der Waals surface area contributed by atoms with E-state index in [1.165, 1.54) is 5.56 Å². The highest BCUT2D eigenvalue weighted by atomic mass is 16.5. The Morgan fingerprint density at radius 1 is 1.04 bits per heavy atom. The van der Waals surface area contributed by atoms with Crippen molar-refractivity contribution in [2.24, 2.45) is 0 Å². The maximum absolute atomic E-state index is 11.9. The second-order valence-corrected chi connectivity index (χ2v) is 6.09. The van der Waals surface area contributed by atoms with Crippen LogP contribution in [0.25, 0.3) is 0 Å². The van der Waals surface area contributed by atoms with Crippen molar-refractivity contribution in [3.05, 3.63) is 84.4 Å². The van der Waals surface area contributed by atoms with E-state index in [-0.39, 0.29) is 5.91 Å². The lowest BCUT2D eigenvalue weighted by molar-refractivity contribution is -0.121. The van der Waals surface area contributed by atoms with Gasteiger partial charge in [0, 0.05) is 31.9 Å². The van der Waals surface area contributed by atoms with Gasteiger partial charge in [-0.1, -0.05) is 42.5 Å². The monoisotopic (exact) mass is 349 g/mol. The standard InChI is InChI=1S/C21H23N3O2/c25-21(7-4-14-26-20-5-2-1-3-6-20)23-15-18-8-10-19(11-9-18)16-24-13-12-22-17-24/h1-3,5-6,8-13,17H,4,7,14-16H2,(H,23,25). The second kappa shape index (κ2) is 9.42. The van der Waals surface area contributed by atoms with Gasteiger partial charge in [0.25, 0.3) is 0 Å². The third-order valence-electron chi connectivity index (χ3n) is 4.00. The van der Waals surface area contributed by atoms with Crippen LogP contribution in [-0.2, 0) is 17.9 Å². The van der Waals surface area contributed by atoms with E-state index in [2.05, 4.69) is 22.4 Å². The molecule has 0 atom stereocenters. The molecule has 5 nitrogen and oxygen atoms in total. The lowest BCUT2D eigenvalue weighted by Crippen LogP contribution is -2.23. The van der Waals surface area contributed by atoms with Crippen LogP contribution in [0.1, 0.15) is 24.0 Å². The lowest BCUT2D eigenvalue weighted by atomic mass is 10.1. The van der Waals surface area contributed by atoms with Crippen LogP contribution in [0.15, 0.2) is 73.3 Å². The van der Waals surface area contributed by atoms with Gasteiger partial charge >= 0.3 is 0 Å². The third-order valence-corrected chi connectivity index (χ3v) is 4.00. The Balaban J connectivity index is 1.33. The Kier molecular flexibility index (Phi) is 6.42. The molecule has 3 rings (SSSR count). The van der Waals surface area contributed by atoms with Gasteiger partial charge in [-0.3, -0.25) is 4.79 Å². The van der Waals surface area contributed by atoms with Crippen LogP contribution in [0.5, 0.6) is 5.75 Å². The summed E-state index contributed by atoms with van der Waals surface area (Å²) in [5.41, 5.74) is 2.30. The normalized spacial score (nSPS) is 10.5. The first-order valence-corrected chi connectivity index (χ1v) is 8.78. The molecule has 0 bridgehead atoms. The minimum Gasteiger partial charge on any atom is -0.494 e. The fraction of sp³-hybridized carbons (Fsp3) is 0.238. The van der Waals surface area contributed by atoms with Crippen molar-refractivity contribution in [3.63, 3.8) is 0 Å². The Hall–Kier alpha value is -3.08. The number of nitrogens with one attached hydrogen (secondary N) is 1. The van der Waals surface area contributed by atoms with E-state index in [1.807, 2.05) is 53.2 Å². The van der Waals surface area contributed by atoms with Crippen molar-refractivity contribution in [1.82, 2.24) is 14.9 Å². The number of rotatable bonds is 9. The van der Waals surface area contributed by atoms with E-state index in [1.54, 1.807) is 12.5 Å². The smallest absolute Gasteiger partial charge is 0.220 e. The zero-order valence-electron chi connectivity index (χ0n) is 14.7. The average molecular weight is 349 g/mol. The summed E-state index contributed by atoms with van der Waals surface area (Å²) in [7, 11) is 0. The molecule has 26 heavy (non-hydrogen) atoms. The number of carbonyl (C=O) groups excluding carboxylic acids is 1. The second-order valence-electron chi connectivity index (χ2n) is 6.09. The lowest BCUT2D eigenvalue weighted by Gasteiger charge is -2.08. The molecular weight excluding hydrogens is 326 g/mol. The van der Waals surface area contributed by atoms with Crippen LogP contribution in [0.3, 0.4) is 0 Å². The van der Waals surface area contributed by atoms with E-state index < -0.39 is 0 Å². The molecule has 0 radical (unpaired) electrons. The van der Waals surface area contributed by atoms with Crippen molar-refractivity contribution in [2.45, 2.75) is 25.9 Å². The minimum atomic E-state index is 0.0455.